The maximum Gasteiger partial charge on any atom is 0.413 e. The third-order valence-corrected chi connectivity index (χ3v) is 6.93. The summed E-state index contributed by atoms with van der Waals surface area (Å²) >= 11 is 7.46. The summed E-state index contributed by atoms with van der Waals surface area (Å²) < 4.78 is 4.63. The Labute approximate surface area is 172 Å². The molecule has 0 spiro atoms. The number of carbonyl (C=O) groups is 2. The third-order valence-electron chi connectivity index (χ3n) is 5.68. The van der Waals surface area contributed by atoms with Crippen LogP contribution in [-0.2, 0) is 27.9 Å². The maximum atomic E-state index is 13.6. The molecule has 1 aromatic heterocycles. The van der Waals surface area contributed by atoms with E-state index >= 15 is 0 Å². The van der Waals surface area contributed by atoms with E-state index in [0.717, 1.165) is 41.8 Å². The summed E-state index contributed by atoms with van der Waals surface area (Å²) in [5, 5.41) is 3.81. The van der Waals surface area contributed by atoms with Gasteiger partial charge in [-0.25, -0.2) is 9.78 Å². The number of nitrogens with one attached hydrogen (secondary N) is 1. The number of halogens is 1. The molecular formula is C20H22ClN3O3S. The highest BCUT2D eigenvalue weighted by Gasteiger charge is 2.45. The van der Waals surface area contributed by atoms with Crippen molar-refractivity contribution in [2.45, 2.75) is 44.1 Å². The first-order chi connectivity index (χ1) is 13.5. The van der Waals surface area contributed by atoms with Crippen LogP contribution in [0.4, 0.5) is 9.93 Å². The van der Waals surface area contributed by atoms with Crippen LogP contribution in [-0.4, -0.2) is 35.5 Å². The van der Waals surface area contributed by atoms with Gasteiger partial charge in [0.05, 0.1) is 24.8 Å². The SMILES string of the molecule is COC(=O)Nc1nc2c(s1)CN(C(=O)C1(c3ccc(Cl)cc3)CCCC1)CC2. The molecule has 0 atom stereocenters. The van der Waals surface area contributed by atoms with Gasteiger partial charge in [0.1, 0.15) is 0 Å². The van der Waals surface area contributed by atoms with Crippen molar-refractivity contribution >= 4 is 40.1 Å². The minimum absolute atomic E-state index is 0.189. The van der Waals surface area contributed by atoms with Crippen LogP contribution >= 0.6 is 22.9 Å². The molecule has 148 valence electrons. The fourth-order valence-corrected chi connectivity index (χ4v) is 5.37. The van der Waals surface area contributed by atoms with E-state index in [1.807, 2.05) is 29.2 Å². The highest BCUT2D eigenvalue weighted by Crippen LogP contribution is 2.44. The molecule has 6 nitrogen and oxygen atoms in total. The Balaban J connectivity index is 1.56. The molecule has 1 aromatic carbocycles. The number of carbonyl (C=O) groups excluding carboxylic acids is 2. The zero-order chi connectivity index (χ0) is 19.7. The number of nitrogens with zero attached hydrogens (tertiary/aromatic N) is 2. The van der Waals surface area contributed by atoms with Crippen molar-refractivity contribution in [2.75, 3.05) is 19.0 Å². The zero-order valence-corrected chi connectivity index (χ0v) is 17.2. The summed E-state index contributed by atoms with van der Waals surface area (Å²) in [7, 11) is 1.32. The number of anilines is 1. The van der Waals surface area contributed by atoms with Crippen molar-refractivity contribution in [2.24, 2.45) is 0 Å². The van der Waals surface area contributed by atoms with Gasteiger partial charge in [-0.3, -0.25) is 10.1 Å². The van der Waals surface area contributed by atoms with E-state index in [9.17, 15) is 9.59 Å². The van der Waals surface area contributed by atoms with Gasteiger partial charge in [0.25, 0.3) is 0 Å². The summed E-state index contributed by atoms with van der Waals surface area (Å²) in [6.07, 6.45) is 4.01. The second-order valence-corrected chi connectivity index (χ2v) is 8.80. The zero-order valence-electron chi connectivity index (χ0n) is 15.7. The summed E-state index contributed by atoms with van der Waals surface area (Å²) in [6.45, 7) is 1.17. The van der Waals surface area contributed by atoms with E-state index in [1.54, 1.807) is 0 Å². The molecule has 0 radical (unpaired) electrons. The quantitative estimate of drug-likeness (QED) is 0.801. The molecule has 2 aromatic rings. The molecular weight excluding hydrogens is 398 g/mol. The van der Waals surface area contributed by atoms with Gasteiger partial charge in [0.2, 0.25) is 5.91 Å². The van der Waals surface area contributed by atoms with Crippen LogP contribution in [0, 0.1) is 0 Å². The minimum Gasteiger partial charge on any atom is -0.453 e. The second-order valence-electron chi connectivity index (χ2n) is 7.28. The van der Waals surface area contributed by atoms with Gasteiger partial charge in [0, 0.05) is 22.9 Å². The Hall–Kier alpha value is -2.12. The Kier molecular flexibility index (Phi) is 5.29. The smallest absolute Gasteiger partial charge is 0.413 e. The Morgan fingerprint density at radius 3 is 2.64 bits per heavy atom. The van der Waals surface area contributed by atoms with Gasteiger partial charge in [-0.15, -0.1) is 0 Å². The average Bonchev–Trinajstić information content (AvgIpc) is 3.34. The molecule has 4 rings (SSSR count). The van der Waals surface area contributed by atoms with Crippen molar-refractivity contribution in [1.82, 2.24) is 9.88 Å². The Bertz CT molecular complexity index is 891. The van der Waals surface area contributed by atoms with Gasteiger partial charge in [-0.1, -0.05) is 47.9 Å². The van der Waals surface area contributed by atoms with Crippen molar-refractivity contribution < 1.29 is 14.3 Å². The molecule has 1 fully saturated rings. The van der Waals surface area contributed by atoms with Gasteiger partial charge < -0.3 is 9.64 Å². The number of hydrogen-bond acceptors (Lipinski definition) is 5. The number of ether oxygens (including phenoxy) is 1. The predicted octanol–water partition coefficient (Wildman–Crippen LogP) is 4.37. The largest absolute Gasteiger partial charge is 0.453 e. The first kappa shape index (κ1) is 19.2. The Morgan fingerprint density at radius 1 is 1.25 bits per heavy atom. The average molecular weight is 420 g/mol. The van der Waals surface area contributed by atoms with Crippen LogP contribution in [0.5, 0.6) is 0 Å². The molecule has 2 heterocycles. The molecule has 0 saturated heterocycles. The minimum atomic E-state index is -0.535. The van der Waals surface area contributed by atoms with E-state index in [0.29, 0.717) is 29.7 Å². The standard InChI is InChI=1S/C20H22ClN3O3S/c1-27-19(26)23-18-22-15-8-11-24(12-16(15)28-18)17(25)20(9-2-3-10-20)13-4-6-14(21)7-5-13/h4-7H,2-3,8-12H2,1H3,(H,22,23,26). The number of methoxy groups -OCH3 is 1. The topological polar surface area (TPSA) is 71.5 Å². The number of aromatic nitrogens is 1. The lowest BCUT2D eigenvalue weighted by Crippen LogP contribution is -2.47. The lowest BCUT2D eigenvalue weighted by molar-refractivity contribution is -0.138. The molecule has 1 saturated carbocycles. The van der Waals surface area contributed by atoms with Gasteiger partial charge in [-0.05, 0) is 30.5 Å². The van der Waals surface area contributed by atoms with Gasteiger partial charge >= 0.3 is 6.09 Å². The van der Waals surface area contributed by atoms with E-state index in [1.165, 1.54) is 18.4 Å². The second kappa shape index (κ2) is 7.72. The molecule has 2 aliphatic rings. The number of benzene rings is 1. The third kappa shape index (κ3) is 3.49. The molecule has 8 heteroatoms. The van der Waals surface area contributed by atoms with Gasteiger partial charge in [-0.2, -0.15) is 0 Å². The molecule has 1 aliphatic carbocycles. The molecule has 0 unspecified atom stereocenters. The van der Waals surface area contributed by atoms with E-state index in [4.69, 9.17) is 11.6 Å². The number of thiazole rings is 1. The van der Waals surface area contributed by atoms with Crippen molar-refractivity contribution in [3.8, 4) is 0 Å². The van der Waals surface area contributed by atoms with Crippen LogP contribution in [0.25, 0.3) is 0 Å². The van der Waals surface area contributed by atoms with Crippen LogP contribution in [0.2, 0.25) is 5.02 Å². The summed E-state index contributed by atoms with van der Waals surface area (Å²) in [5.74, 6) is 0.189. The Morgan fingerprint density at radius 2 is 1.96 bits per heavy atom. The summed E-state index contributed by atoms with van der Waals surface area (Å²) in [4.78, 5) is 32.5. The first-order valence-electron chi connectivity index (χ1n) is 9.41. The highest BCUT2D eigenvalue weighted by molar-refractivity contribution is 7.15. The normalized spacial score (nSPS) is 17.9. The summed E-state index contributed by atoms with van der Waals surface area (Å²) in [6, 6.07) is 7.72. The van der Waals surface area contributed by atoms with Crippen molar-refractivity contribution in [3.63, 3.8) is 0 Å². The maximum absolute atomic E-state index is 13.6. The first-order valence-corrected chi connectivity index (χ1v) is 10.6. The monoisotopic (exact) mass is 419 g/mol. The predicted molar refractivity (Wildman–Crippen MR) is 109 cm³/mol. The summed E-state index contributed by atoms with van der Waals surface area (Å²) in [5.41, 5.74) is 1.55. The molecule has 28 heavy (non-hydrogen) atoms. The van der Waals surface area contributed by atoms with Gasteiger partial charge in [0.15, 0.2) is 5.13 Å². The lowest BCUT2D eigenvalue weighted by Gasteiger charge is -2.36. The van der Waals surface area contributed by atoms with Crippen molar-refractivity contribution in [3.05, 3.63) is 45.4 Å². The number of fused-ring (bicyclic) bond motifs is 1. The number of amides is 2. The van der Waals surface area contributed by atoms with E-state index < -0.39 is 11.5 Å². The van der Waals surface area contributed by atoms with Crippen LogP contribution in [0.1, 0.15) is 41.8 Å². The fraction of sp³-hybridized carbons (Fsp3) is 0.450. The molecule has 1 N–H and O–H groups in total. The lowest BCUT2D eigenvalue weighted by atomic mass is 9.77. The molecule has 2 amide bonds. The molecule has 0 bridgehead atoms. The molecule has 1 aliphatic heterocycles. The number of hydrogen-bond donors (Lipinski definition) is 1. The van der Waals surface area contributed by atoms with Crippen LogP contribution in [0.3, 0.4) is 0 Å². The van der Waals surface area contributed by atoms with E-state index in [-0.39, 0.29) is 5.91 Å². The van der Waals surface area contributed by atoms with Crippen molar-refractivity contribution in [1.29, 1.82) is 0 Å². The van der Waals surface area contributed by atoms with E-state index in [2.05, 4.69) is 15.0 Å². The highest BCUT2D eigenvalue weighted by atomic mass is 35.5. The van der Waals surface area contributed by atoms with Crippen LogP contribution < -0.4 is 5.32 Å². The van der Waals surface area contributed by atoms with Crippen LogP contribution in [0.15, 0.2) is 24.3 Å². The number of rotatable bonds is 3. The fourth-order valence-electron chi connectivity index (χ4n) is 4.24.